The van der Waals surface area contributed by atoms with Crippen molar-refractivity contribution >= 4 is 5.69 Å². The summed E-state index contributed by atoms with van der Waals surface area (Å²) in [5.74, 6) is 0.858. The molecule has 0 unspecified atom stereocenters. The summed E-state index contributed by atoms with van der Waals surface area (Å²) >= 11 is 0. The first-order valence-electron chi connectivity index (χ1n) is 5.40. The van der Waals surface area contributed by atoms with Crippen LogP contribution in [0.4, 0.5) is 5.69 Å². The minimum atomic E-state index is -0.497. The quantitative estimate of drug-likeness (QED) is 0.414. The molecule has 0 bridgehead atoms. The van der Waals surface area contributed by atoms with E-state index in [0.29, 0.717) is 31.6 Å². The number of rotatable bonds is 7. The molecule has 6 heteroatoms. The standard InChI is InChI=1S/C11H16N2O4/c1-9(2)8-16-5-6-17-11-4-3-10(7-12-11)13(14)15/h3-4,7,9H,5-6,8H2,1-2H3. The fraction of sp³-hybridized carbons (Fsp3) is 0.545. The number of aromatic nitrogens is 1. The van der Waals surface area contributed by atoms with Gasteiger partial charge in [-0.1, -0.05) is 13.8 Å². The van der Waals surface area contributed by atoms with Crippen LogP contribution in [-0.2, 0) is 4.74 Å². The second-order valence-corrected chi connectivity index (χ2v) is 3.93. The van der Waals surface area contributed by atoms with Crippen molar-refractivity contribution in [3.05, 3.63) is 28.4 Å². The first kappa shape index (κ1) is 13.4. The Labute approximate surface area is 99.7 Å². The summed E-state index contributed by atoms with van der Waals surface area (Å²) in [6, 6.07) is 2.83. The lowest BCUT2D eigenvalue weighted by molar-refractivity contribution is -0.385. The lowest BCUT2D eigenvalue weighted by Crippen LogP contribution is -2.10. The molecular weight excluding hydrogens is 224 g/mol. The van der Waals surface area contributed by atoms with Crippen LogP contribution in [0.25, 0.3) is 0 Å². The molecule has 0 spiro atoms. The molecule has 1 heterocycles. The molecule has 0 amide bonds. The molecule has 0 aliphatic carbocycles. The summed E-state index contributed by atoms with van der Waals surface area (Å²) in [7, 11) is 0. The average Bonchev–Trinajstić information content (AvgIpc) is 2.29. The minimum Gasteiger partial charge on any atom is -0.475 e. The Balaban J connectivity index is 2.25. The van der Waals surface area contributed by atoms with Gasteiger partial charge in [0.1, 0.15) is 12.8 Å². The van der Waals surface area contributed by atoms with Crippen LogP contribution in [-0.4, -0.2) is 29.7 Å². The van der Waals surface area contributed by atoms with Crippen LogP contribution in [0.2, 0.25) is 0 Å². The number of hydrogen-bond acceptors (Lipinski definition) is 5. The van der Waals surface area contributed by atoms with Gasteiger partial charge >= 0.3 is 0 Å². The van der Waals surface area contributed by atoms with Crippen LogP contribution in [0.3, 0.4) is 0 Å². The molecule has 1 aromatic heterocycles. The van der Waals surface area contributed by atoms with E-state index in [9.17, 15) is 10.1 Å². The molecule has 0 aliphatic heterocycles. The van der Waals surface area contributed by atoms with Crippen molar-refractivity contribution in [1.82, 2.24) is 4.98 Å². The largest absolute Gasteiger partial charge is 0.475 e. The monoisotopic (exact) mass is 240 g/mol. The van der Waals surface area contributed by atoms with Gasteiger partial charge in [-0.15, -0.1) is 0 Å². The normalized spacial score (nSPS) is 10.5. The Morgan fingerprint density at radius 3 is 2.71 bits per heavy atom. The number of ether oxygens (including phenoxy) is 2. The van der Waals surface area contributed by atoms with Gasteiger partial charge < -0.3 is 9.47 Å². The van der Waals surface area contributed by atoms with E-state index in [1.165, 1.54) is 18.3 Å². The highest BCUT2D eigenvalue weighted by molar-refractivity contribution is 5.28. The van der Waals surface area contributed by atoms with Crippen molar-refractivity contribution in [2.75, 3.05) is 19.8 Å². The van der Waals surface area contributed by atoms with Crippen LogP contribution in [0.1, 0.15) is 13.8 Å². The lowest BCUT2D eigenvalue weighted by Gasteiger charge is -2.07. The summed E-state index contributed by atoms with van der Waals surface area (Å²) in [5, 5.41) is 10.4. The maximum atomic E-state index is 10.4. The highest BCUT2D eigenvalue weighted by Gasteiger charge is 2.05. The van der Waals surface area contributed by atoms with Gasteiger partial charge in [-0.05, 0) is 5.92 Å². The van der Waals surface area contributed by atoms with E-state index in [2.05, 4.69) is 18.8 Å². The van der Waals surface area contributed by atoms with Crippen molar-refractivity contribution in [3.8, 4) is 5.88 Å². The summed E-state index contributed by atoms with van der Waals surface area (Å²) in [4.78, 5) is 13.7. The first-order chi connectivity index (χ1) is 8.09. The fourth-order valence-corrected chi connectivity index (χ4v) is 1.09. The number of nitrogens with zero attached hydrogens (tertiary/aromatic N) is 2. The maximum absolute atomic E-state index is 10.4. The van der Waals surface area contributed by atoms with Gasteiger partial charge in [0.25, 0.3) is 5.69 Å². The van der Waals surface area contributed by atoms with Gasteiger partial charge in [0.2, 0.25) is 5.88 Å². The molecule has 0 radical (unpaired) electrons. The molecule has 1 aromatic rings. The molecule has 0 aromatic carbocycles. The fourth-order valence-electron chi connectivity index (χ4n) is 1.09. The second kappa shape index (κ2) is 6.80. The van der Waals surface area contributed by atoms with Crippen LogP contribution in [0, 0.1) is 16.0 Å². The smallest absolute Gasteiger partial charge is 0.287 e. The Morgan fingerprint density at radius 1 is 1.41 bits per heavy atom. The van der Waals surface area contributed by atoms with Gasteiger partial charge in [0.05, 0.1) is 11.5 Å². The highest BCUT2D eigenvalue weighted by atomic mass is 16.6. The van der Waals surface area contributed by atoms with Gasteiger partial charge in [0.15, 0.2) is 0 Å². The third kappa shape index (κ3) is 5.26. The molecule has 1 rings (SSSR count). The van der Waals surface area contributed by atoms with E-state index >= 15 is 0 Å². The average molecular weight is 240 g/mol. The van der Waals surface area contributed by atoms with Gasteiger partial charge in [-0.25, -0.2) is 4.98 Å². The van der Waals surface area contributed by atoms with Crippen LogP contribution >= 0.6 is 0 Å². The molecule has 0 N–H and O–H groups in total. The number of hydrogen-bond donors (Lipinski definition) is 0. The third-order valence-corrected chi connectivity index (χ3v) is 1.86. The first-order valence-corrected chi connectivity index (χ1v) is 5.40. The van der Waals surface area contributed by atoms with Crippen molar-refractivity contribution in [3.63, 3.8) is 0 Å². The Bertz CT molecular complexity index is 351. The molecule has 0 atom stereocenters. The molecule has 6 nitrogen and oxygen atoms in total. The van der Waals surface area contributed by atoms with Gasteiger partial charge in [-0.2, -0.15) is 0 Å². The third-order valence-electron chi connectivity index (χ3n) is 1.86. The van der Waals surface area contributed by atoms with E-state index in [1.54, 1.807) is 0 Å². The molecule has 94 valence electrons. The van der Waals surface area contributed by atoms with E-state index in [0.717, 1.165) is 0 Å². The van der Waals surface area contributed by atoms with E-state index in [1.807, 2.05) is 0 Å². The Morgan fingerprint density at radius 2 is 2.18 bits per heavy atom. The van der Waals surface area contributed by atoms with E-state index < -0.39 is 4.92 Å². The number of pyridine rings is 1. The molecule has 0 aliphatic rings. The molecular formula is C11H16N2O4. The topological polar surface area (TPSA) is 74.5 Å². The molecule has 0 saturated carbocycles. The van der Waals surface area contributed by atoms with Crippen LogP contribution in [0.15, 0.2) is 18.3 Å². The van der Waals surface area contributed by atoms with Crippen molar-refractivity contribution < 1.29 is 14.4 Å². The van der Waals surface area contributed by atoms with Crippen LogP contribution in [0.5, 0.6) is 5.88 Å². The zero-order valence-electron chi connectivity index (χ0n) is 9.96. The van der Waals surface area contributed by atoms with Crippen molar-refractivity contribution in [1.29, 1.82) is 0 Å². The van der Waals surface area contributed by atoms with E-state index in [4.69, 9.17) is 9.47 Å². The van der Waals surface area contributed by atoms with Gasteiger partial charge in [0, 0.05) is 18.7 Å². The molecule has 0 saturated heterocycles. The Kier molecular flexibility index (Phi) is 5.35. The number of nitro groups is 1. The molecule has 0 fully saturated rings. The maximum Gasteiger partial charge on any atom is 0.287 e. The predicted molar refractivity (Wildman–Crippen MR) is 62.0 cm³/mol. The van der Waals surface area contributed by atoms with E-state index in [-0.39, 0.29) is 5.69 Å². The lowest BCUT2D eigenvalue weighted by atomic mass is 10.2. The summed E-state index contributed by atoms with van der Waals surface area (Å²) in [6.45, 7) is 5.70. The highest BCUT2D eigenvalue weighted by Crippen LogP contribution is 2.13. The predicted octanol–water partition coefficient (Wildman–Crippen LogP) is 2.04. The second-order valence-electron chi connectivity index (χ2n) is 3.93. The summed E-state index contributed by atoms with van der Waals surface area (Å²) in [5.41, 5.74) is -0.0478. The van der Waals surface area contributed by atoms with Crippen LogP contribution < -0.4 is 4.74 Å². The summed E-state index contributed by atoms with van der Waals surface area (Å²) < 4.78 is 10.6. The SMILES string of the molecule is CC(C)COCCOc1ccc([N+](=O)[O-])cn1. The van der Waals surface area contributed by atoms with Crippen molar-refractivity contribution in [2.24, 2.45) is 5.92 Å². The Hall–Kier alpha value is -1.69. The molecule has 17 heavy (non-hydrogen) atoms. The van der Waals surface area contributed by atoms with Gasteiger partial charge in [-0.3, -0.25) is 10.1 Å². The van der Waals surface area contributed by atoms with Crippen molar-refractivity contribution in [2.45, 2.75) is 13.8 Å². The summed E-state index contributed by atoms with van der Waals surface area (Å²) in [6.07, 6.45) is 1.17. The minimum absolute atomic E-state index is 0.0478. The zero-order valence-corrected chi connectivity index (χ0v) is 9.96. The zero-order chi connectivity index (χ0) is 12.7.